The molecule has 0 saturated heterocycles. The minimum Gasteiger partial charge on any atom is -0.387 e. The molecule has 0 saturated carbocycles. The van der Waals surface area contributed by atoms with Crippen LogP contribution in [0.1, 0.15) is 73.3 Å². The maximum absolute atomic E-state index is 15.1. The van der Waals surface area contributed by atoms with Gasteiger partial charge in [0.25, 0.3) is 23.6 Å². The number of ether oxygens (including phenoxy) is 2. The Labute approximate surface area is 366 Å². The second-order valence-corrected chi connectivity index (χ2v) is 14.0. The fraction of sp³-hybridized carbons (Fsp3) is 0.0732. The monoisotopic (exact) mass is 928 g/mol. The Hall–Kier alpha value is -9.36. The van der Waals surface area contributed by atoms with E-state index >= 15 is 26.3 Å². The van der Waals surface area contributed by atoms with Crippen LogP contribution in [-0.2, 0) is 5.41 Å². The highest BCUT2D eigenvalue weighted by molar-refractivity contribution is 6.35. The van der Waals surface area contributed by atoms with Crippen molar-refractivity contribution in [2.24, 2.45) is 0 Å². The van der Waals surface area contributed by atoms with Crippen LogP contribution in [-0.4, -0.2) is 77.7 Å². The molecule has 0 fully saturated rings. The maximum atomic E-state index is 15.1. The van der Waals surface area contributed by atoms with Crippen LogP contribution < -0.4 is 19.3 Å². The molecule has 0 bridgehead atoms. The summed E-state index contributed by atoms with van der Waals surface area (Å²) in [6.07, 6.45) is -9.25. The van der Waals surface area contributed by atoms with Crippen molar-refractivity contribution in [3.63, 3.8) is 0 Å². The van der Waals surface area contributed by atoms with E-state index in [1.165, 1.54) is 0 Å². The van der Waals surface area contributed by atoms with Crippen molar-refractivity contribution in [1.29, 1.82) is 0 Å². The zero-order chi connectivity index (χ0) is 48.3. The molecule has 4 amide bonds. The van der Waals surface area contributed by atoms with Crippen molar-refractivity contribution in [3.8, 4) is 12.0 Å². The summed E-state index contributed by atoms with van der Waals surface area (Å²) in [5.74, 6) is -6.68. The first-order valence-electron chi connectivity index (χ1n) is 18.4. The van der Waals surface area contributed by atoms with Gasteiger partial charge in [0.1, 0.15) is 24.8 Å². The van der Waals surface area contributed by atoms with Crippen molar-refractivity contribution in [3.05, 3.63) is 174 Å². The van der Waals surface area contributed by atoms with Crippen molar-refractivity contribution in [2.45, 2.75) is 17.8 Å². The molecule has 0 N–H and O–H groups in total. The van der Waals surface area contributed by atoms with E-state index in [0.29, 0.717) is 58.3 Å². The second-order valence-electron chi connectivity index (χ2n) is 14.0. The van der Waals surface area contributed by atoms with Crippen LogP contribution in [0.3, 0.4) is 0 Å². The zero-order valence-corrected chi connectivity index (χ0v) is 32.6. The number of aromatic nitrogens is 4. The highest BCUT2D eigenvalue weighted by atomic mass is 19.4. The van der Waals surface area contributed by atoms with Crippen LogP contribution in [0.4, 0.5) is 49.1 Å². The number of nitrogens with zero attached hydrogens (tertiary/aromatic N) is 8. The molecule has 0 aliphatic carbocycles. The van der Waals surface area contributed by atoms with E-state index in [1.54, 1.807) is 0 Å². The first-order valence-corrected chi connectivity index (χ1v) is 18.4. The summed E-state index contributed by atoms with van der Waals surface area (Å²) in [4.78, 5) is 114. The van der Waals surface area contributed by atoms with Crippen LogP contribution in [0.2, 0.25) is 0 Å². The zero-order valence-electron chi connectivity index (χ0n) is 32.6. The molecule has 2 aliphatic rings. The lowest BCUT2D eigenvalue weighted by Crippen LogP contribution is -2.54. The van der Waals surface area contributed by atoms with Gasteiger partial charge in [0.2, 0.25) is 5.41 Å². The quantitative estimate of drug-likeness (QED) is 0.0464. The number of rotatable bonds is 10. The minimum absolute atomic E-state index is 0.298. The fourth-order valence-electron chi connectivity index (χ4n) is 7.10. The van der Waals surface area contributed by atoms with Gasteiger partial charge >= 0.3 is 47.7 Å². The number of benzene rings is 4. The molecule has 67 heavy (non-hydrogen) atoms. The summed E-state index contributed by atoms with van der Waals surface area (Å²) in [5, 5.41) is 21.7. The van der Waals surface area contributed by atoms with Crippen molar-refractivity contribution in [2.75, 3.05) is 9.80 Å². The first-order chi connectivity index (χ1) is 31.6. The summed E-state index contributed by atoms with van der Waals surface area (Å²) in [6.45, 7) is 0. The molecular weight excluding hydrogens is 910 g/mol. The van der Waals surface area contributed by atoms with Crippen LogP contribution in [0.25, 0.3) is 0 Å². The number of nitro groups is 2. The Morgan fingerprint density at radius 1 is 0.493 bits per heavy atom. The van der Waals surface area contributed by atoms with E-state index in [1.807, 2.05) is 0 Å². The topological polar surface area (TPSA) is 265 Å². The van der Waals surface area contributed by atoms with Crippen molar-refractivity contribution < 1.29 is 74.4 Å². The smallest absolute Gasteiger partial charge is 0.387 e. The lowest BCUT2D eigenvalue weighted by Gasteiger charge is -2.38. The third-order valence-electron chi connectivity index (χ3n) is 10.2. The summed E-state index contributed by atoms with van der Waals surface area (Å²) in [6, 6.07) is 9.13. The van der Waals surface area contributed by atoms with E-state index in [4.69, 9.17) is 9.47 Å². The molecule has 0 spiro atoms. The molecule has 20 nitrogen and oxygen atoms in total. The number of hydrogen-bond acceptors (Lipinski definition) is 16. The van der Waals surface area contributed by atoms with E-state index in [2.05, 4.69) is 19.9 Å². The molecular formula is C41H18F6N8O12. The van der Waals surface area contributed by atoms with Gasteiger partial charge in [-0.1, -0.05) is 24.3 Å². The van der Waals surface area contributed by atoms with E-state index in [9.17, 15) is 49.0 Å². The number of hydrogen-bond donors (Lipinski definition) is 0. The molecule has 6 aromatic rings. The predicted molar refractivity (Wildman–Crippen MR) is 208 cm³/mol. The van der Waals surface area contributed by atoms with E-state index < -0.39 is 120 Å². The van der Waals surface area contributed by atoms with Gasteiger partial charge in [-0.05, 0) is 71.8 Å². The number of alkyl halides is 6. The number of anilines is 2. The summed E-state index contributed by atoms with van der Waals surface area (Å²) < 4.78 is 101. The Morgan fingerprint density at radius 3 is 1.10 bits per heavy atom. The predicted octanol–water partition coefficient (Wildman–Crippen LogP) is 6.53. The first kappa shape index (κ1) is 44.3. The highest BCUT2D eigenvalue weighted by Gasteiger charge is 2.72. The molecule has 26 heteroatoms. The molecule has 2 aliphatic heterocycles. The Morgan fingerprint density at radius 2 is 0.806 bits per heavy atom. The van der Waals surface area contributed by atoms with Crippen LogP contribution in [0.15, 0.2) is 110 Å². The van der Waals surface area contributed by atoms with E-state index in [-0.39, 0.29) is 22.3 Å². The van der Waals surface area contributed by atoms with Gasteiger partial charge in [0, 0.05) is 0 Å². The number of esters is 2. The Balaban J connectivity index is 1.04. The molecule has 8 rings (SSSR count). The van der Waals surface area contributed by atoms with Gasteiger partial charge < -0.3 is 9.47 Å². The highest BCUT2D eigenvalue weighted by Crippen LogP contribution is 2.56. The van der Waals surface area contributed by atoms with Crippen molar-refractivity contribution >= 4 is 58.3 Å². The third-order valence-corrected chi connectivity index (χ3v) is 10.2. The normalized spacial score (nSPS) is 13.6. The molecule has 0 radical (unpaired) electrons. The van der Waals surface area contributed by atoms with Crippen molar-refractivity contribution in [1.82, 2.24) is 19.9 Å². The number of halogens is 6. The average Bonchev–Trinajstić information content (AvgIpc) is 3.69. The molecule has 0 atom stereocenters. The second kappa shape index (κ2) is 16.0. The summed E-state index contributed by atoms with van der Waals surface area (Å²) >= 11 is 0. The standard InChI is InChI=1S/C41H18F6N8O12/c42-40(43,44)39(41(45,46)47,21-3-7-23(8-4-21)52-31(56)27-11-1-19(13-29(27)33(52)58)35(60)66-37-48-15-25(16-49-37)54(62)63)22-5-9-24(10-6-22)53-32(57)28-12-2-20(14-30(28)34(53)59)36(61)67-38-50-17-26(18-51-38)55(64)65/h1-18H. The molecule has 4 aromatic carbocycles. The van der Waals surface area contributed by atoms with Gasteiger partial charge in [-0.2, -0.15) is 46.3 Å². The number of carbonyl (C=O) groups is 6. The molecule has 336 valence electrons. The fourth-order valence-corrected chi connectivity index (χ4v) is 7.10. The van der Waals surface area contributed by atoms with Gasteiger partial charge in [-0.3, -0.25) is 39.4 Å². The molecule has 4 heterocycles. The van der Waals surface area contributed by atoms with Gasteiger partial charge in [0.05, 0.1) is 54.6 Å². The summed E-state index contributed by atoms with van der Waals surface area (Å²) in [7, 11) is 0. The number of carbonyl (C=O) groups excluding carboxylic acids is 6. The summed E-state index contributed by atoms with van der Waals surface area (Å²) in [5.41, 5.74) is -11.6. The largest absolute Gasteiger partial charge is 0.411 e. The lowest BCUT2D eigenvalue weighted by molar-refractivity contribution is -0.385. The number of amides is 4. The maximum Gasteiger partial charge on any atom is 0.411 e. The van der Waals surface area contributed by atoms with Crippen LogP contribution in [0.5, 0.6) is 12.0 Å². The Bertz CT molecular complexity index is 2920. The van der Waals surface area contributed by atoms with Crippen LogP contribution in [0, 0.1) is 20.2 Å². The Kier molecular flexibility index (Phi) is 10.6. The van der Waals surface area contributed by atoms with Gasteiger partial charge in [-0.25, -0.2) is 19.4 Å². The average molecular weight is 929 g/mol. The number of fused-ring (bicyclic) bond motifs is 2. The molecule has 0 unspecified atom stereocenters. The van der Waals surface area contributed by atoms with Gasteiger partial charge in [-0.15, -0.1) is 0 Å². The van der Waals surface area contributed by atoms with Crippen LogP contribution >= 0.6 is 0 Å². The SMILES string of the molecule is O=C(Oc1ncc([N+](=O)[O-])cn1)c1ccc2c(c1)C(=O)N(c1ccc(C(c3ccc(N4C(=O)c5ccc(C(=O)Oc6ncc([N+](=O)[O-])cn6)cc5C4=O)cc3)(C(F)(F)F)C(F)(F)F)cc1)C2=O. The third kappa shape index (κ3) is 7.45. The van der Waals surface area contributed by atoms with E-state index in [0.717, 1.165) is 61.2 Å². The lowest BCUT2D eigenvalue weighted by atomic mass is 9.73. The number of imide groups is 2. The minimum atomic E-state index is -6.13. The molecule has 2 aromatic heterocycles. The van der Waals surface area contributed by atoms with Gasteiger partial charge in [0.15, 0.2) is 0 Å².